The van der Waals surface area contributed by atoms with Crippen molar-refractivity contribution in [2.24, 2.45) is 5.92 Å². The lowest BCUT2D eigenvalue weighted by molar-refractivity contribution is -0.124. The second kappa shape index (κ2) is 6.53. The number of hydrogen-bond donors (Lipinski definition) is 1. The smallest absolute Gasteiger partial charge is 0.223 e. The van der Waals surface area contributed by atoms with Gasteiger partial charge >= 0.3 is 0 Å². The molecule has 1 aromatic carbocycles. The van der Waals surface area contributed by atoms with E-state index in [1.54, 1.807) is 0 Å². The van der Waals surface area contributed by atoms with E-state index < -0.39 is 0 Å². The van der Waals surface area contributed by atoms with Crippen molar-refractivity contribution < 1.29 is 9.53 Å². The van der Waals surface area contributed by atoms with E-state index in [1.807, 2.05) is 19.1 Å². The Morgan fingerprint density at radius 3 is 2.58 bits per heavy atom. The molecular weight excluding hydrogens is 238 g/mol. The van der Waals surface area contributed by atoms with Gasteiger partial charge in [-0.3, -0.25) is 4.79 Å². The summed E-state index contributed by atoms with van der Waals surface area (Å²) in [6, 6.07) is 8.28. The van der Waals surface area contributed by atoms with E-state index in [1.165, 1.54) is 11.1 Å². The average Bonchev–Trinajstić information content (AvgIpc) is 2.81. The van der Waals surface area contributed by atoms with Crippen molar-refractivity contribution in [2.45, 2.75) is 19.8 Å². The highest BCUT2D eigenvalue weighted by atomic mass is 16.5. The molecule has 1 amide bonds. The fourth-order valence-electron chi connectivity index (χ4n) is 2.38. The largest absolute Gasteiger partial charge is 0.375 e. The molecule has 0 bridgehead atoms. The predicted octanol–water partition coefficient (Wildman–Crippen LogP) is 2.11. The van der Waals surface area contributed by atoms with Gasteiger partial charge in [-0.25, -0.2) is 0 Å². The van der Waals surface area contributed by atoms with E-state index in [0.29, 0.717) is 19.8 Å². The molecule has 1 aliphatic carbocycles. The molecule has 1 N–H and O–H groups in total. The normalized spacial score (nSPS) is 14.2. The van der Waals surface area contributed by atoms with Crippen molar-refractivity contribution >= 4 is 5.91 Å². The molecule has 0 aliphatic heterocycles. The Hall–Kier alpha value is -1.61. The minimum absolute atomic E-state index is 0.0820. The first-order chi connectivity index (χ1) is 9.16. The number of carbonyl (C=O) groups excluding carboxylic acids is 1. The van der Waals surface area contributed by atoms with Gasteiger partial charge in [-0.2, -0.15) is 0 Å². The third-order valence-corrected chi connectivity index (χ3v) is 3.32. The van der Waals surface area contributed by atoms with E-state index in [9.17, 15) is 4.79 Å². The van der Waals surface area contributed by atoms with E-state index in [2.05, 4.69) is 24.0 Å². The minimum atomic E-state index is 0.0820. The molecule has 0 radical (unpaired) electrons. The predicted molar refractivity (Wildman–Crippen MR) is 76.0 cm³/mol. The Morgan fingerprint density at radius 1 is 1.37 bits per heavy atom. The van der Waals surface area contributed by atoms with Crippen molar-refractivity contribution in [1.82, 2.24) is 5.32 Å². The van der Waals surface area contributed by atoms with Crippen molar-refractivity contribution in [2.75, 3.05) is 19.8 Å². The molecule has 1 aromatic rings. The second-order valence-electron chi connectivity index (χ2n) is 5.17. The van der Waals surface area contributed by atoms with Crippen LogP contribution in [0.3, 0.4) is 0 Å². The number of amides is 1. The van der Waals surface area contributed by atoms with Gasteiger partial charge in [-0.1, -0.05) is 36.4 Å². The van der Waals surface area contributed by atoms with Crippen molar-refractivity contribution in [3.8, 4) is 0 Å². The van der Waals surface area contributed by atoms with Gasteiger partial charge in [0.25, 0.3) is 0 Å². The fraction of sp³-hybridized carbons (Fsp3) is 0.438. The molecule has 0 heterocycles. The van der Waals surface area contributed by atoms with E-state index in [4.69, 9.17) is 4.74 Å². The van der Waals surface area contributed by atoms with Gasteiger partial charge in [0.2, 0.25) is 5.91 Å². The maximum Gasteiger partial charge on any atom is 0.223 e. The molecular formula is C16H21NO2. The molecule has 2 rings (SSSR count). The Kier molecular flexibility index (Phi) is 4.74. The van der Waals surface area contributed by atoms with Gasteiger partial charge in [-0.15, -0.1) is 0 Å². The van der Waals surface area contributed by atoms with Crippen LogP contribution in [0.25, 0.3) is 0 Å². The van der Waals surface area contributed by atoms with Gasteiger partial charge < -0.3 is 10.1 Å². The van der Waals surface area contributed by atoms with E-state index in [0.717, 1.165) is 18.4 Å². The highest BCUT2D eigenvalue weighted by Gasteiger charge is 2.26. The van der Waals surface area contributed by atoms with Gasteiger partial charge in [0.05, 0.1) is 13.2 Å². The Labute approximate surface area is 114 Å². The Balaban J connectivity index is 1.70. The number of benzene rings is 1. The molecule has 1 aliphatic rings. The highest BCUT2D eigenvalue weighted by molar-refractivity contribution is 5.80. The first-order valence-corrected chi connectivity index (χ1v) is 6.73. The molecule has 0 fully saturated rings. The van der Waals surface area contributed by atoms with Gasteiger partial charge in [-0.05, 0) is 30.9 Å². The molecule has 0 aromatic heterocycles. The monoisotopic (exact) mass is 259 g/mol. The fourth-order valence-corrected chi connectivity index (χ4v) is 2.38. The summed E-state index contributed by atoms with van der Waals surface area (Å²) in [5.74, 6) is 0.216. The summed E-state index contributed by atoms with van der Waals surface area (Å²) in [5, 5.41) is 2.94. The summed E-state index contributed by atoms with van der Waals surface area (Å²) in [6.07, 6.45) is 1.71. The van der Waals surface area contributed by atoms with Crippen molar-refractivity contribution in [3.63, 3.8) is 0 Å². The zero-order valence-electron chi connectivity index (χ0n) is 11.4. The first kappa shape index (κ1) is 13.8. The molecule has 3 heteroatoms. The van der Waals surface area contributed by atoms with Crippen molar-refractivity contribution in [3.05, 3.63) is 47.5 Å². The summed E-state index contributed by atoms with van der Waals surface area (Å²) >= 11 is 0. The van der Waals surface area contributed by atoms with Crippen LogP contribution in [0, 0.1) is 5.92 Å². The minimum Gasteiger partial charge on any atom is -0.375 e. The summed E-state index contributed by atoms with van der Waals surface area (Å²) in [5.41, 5.74) is 3.61. The van der Waals surface area contributed by atoms with Crippen LogP contribution in [-0.4, -0.2) is 25.7 Å². The number of hydrogen-bond acceptors (Lipinski definition) is 2. The lowest BCUT2D eigenvalue weighted by atomic mass is 10.1. The number of ether oxygens (including phenoxy) is 1. The van der Waals surface area contributed by atoms with Crippen LogP contribution in [0.4, 0.5) is 0 Å². The van der Waals surface area contributed by atoms with Gasteiger partial charge in [0.1, 0.15) is 0 Å². The molecule has 102 valence electrons. The van der Waals surface area contributed by atoms with E-state index >= 15 is 0 Å². The molecule has 0 saturated carbocycles. The third kappa shape index (κ3) is 3.93. The molecule has 0 spiro atoms. The second-order valence-corrected chi connectivity index (χ2v) is 5.17. The molecule has 3 nitrogen and oxygen atoms in total. The number of carbonyl (C=O) groups is 1. The van der Waals surface area contributed by atoms with Crippen LogP contribution in [0.5, 0.6) is 0 Å². The average molecular weight is 259 g/mol. The van der Waals surface area contributed by atoms with Crippen LogP contribution in [0.15, 0.2) is 36.4 Å². The SMILES string of the molecule is C=C(C)COCCNC(=O)C1Cc2ccccc2C1. The number of rotatable bonds is 6. The third-order valence-electron chi connectivity index (χ3n) is 3.32. The Bertz CT molecular complexity index is 443. The molecule has 0 unspecified atom stereocenters. The lowest BCUT2D eigenvalue weighted by Gasteiger charge is -2.10. The van der Waals surface area contributed by atoms with Crippen LogP contribution in [0.1, 0.15) is 18.1 Å². The summed E-state index contributed by atoms with van der Waals surface area (Å²) in [6.45, 7) is 7.36. The molecule has 0 atom stereocenters. The van der Waals surface area contributed by atoms with Gasteiger partial charge in [0, 0.05) is 12.5 Å². The topological polar surface area (TPSA) is 38.3 Å². The summed E-state index contributed by atoms with van der Waals surface area (Å²) < 4.78 is 5.36. The molecule has 0 saturated heterocycles. The van der Waals surface area contributed by atoms with Crippen LogP contribution < -0.4 is 5.32 Å². The van der Waals surface area contributed by atoms with Crippen LogP contribution in [-0.2, 0) is 22.4 Å². The Morgan fingerprint density at radius 2 is 2.00 bits per heavy atom. The van der Waals surface area contributed by atoms with Crippen LogP contribution >= 0.6 is 0 Å². The summed E-state index contributed by atoms with van der Waals surface area (Å²) in [4.78, 5) is 12.0. The zero-order chi connectivity index (χ0) is 13.7. The van der Waals surface area contributed by atoms with Crippen molar-refractivity contribution in [1.29, 1.82) is 0 Å². The standard InChI is InChI=1S/C16H21NO2/c1-12(2)11-19-8-7-17-16(18)15-9-13-5-3-4-6-14(13)10-15/h3-6,15H,1,7-11H2,2H3,(H,17,18). The first-order valence-electron chi connectivity index (χ1n) is 6.73. The maximum atomic E-state index is 12.0. The lowest BCUT2D eigenvalue weighted by Crippen LogP contribution is -2.33. The van der Waals surface area contributed by atoms with E-state index in [-0.39, 0.29) is 11.8 Å². The quantitative estimate of drug-likeness (QED) is 0.627. The number of nitrogens with one attached hydrogen (secondary N) is 1. The van der Waals surface area contributed by atoms with Gasteiger partial charge in [0.15, 0.2) is 0 Å². The van der Waals surface area contributed by atoms with Crippen LogP contribution in [0.2, 0.25) is 0 Å². The number of fused-ring (bicyclic) bond motifs is 1. The maximum absolute atomic E-state index is 12.0. The zero-order valence-corrected chi connectivity index (χ0v) is 11.4. The molecule has 19 heavy (non-hydrogen) atoms. The summed E-state index contributed by atoms with van der Waals surface area (Å²) in [7, 11) is 0. The highest BCUT2D eigenvalue weighted by Crippen LogP contribution is 2.26.